The van der Waals surface area contributed by atoms with E-state index >= 15 is 0 Å². The van der Waals surface area contributed by atoms with Crippen LogP contribution < -0.4 is 15.0 Å². The van der Waals surface area contributed by atoms with Gasteiger partial charge in [-0.05, 0) is 61.9 Å². The maximum absolute atomic E-state index is 11.9. The van der Waals surface area contributed by atoms with Crippen molar-refractivity contribution < 1.29 is 14.3 Å². The Balaban J connectivity index is 1.63. The van der Waals surface area contributed by atoms with Gasteiger partial charge in [0.15, 0.2) is 6.23 Å². The number of aromatic nitrogens is 1. The van der Waals surface area contributed by atoms with Crippen LogP contribution in [0.2, 0.25) is 0 Å². The average Bonchev–Trinajstić information content (AvgIpc) is 2.88. The molecule has 1 aliphatic heterocycles. The van der Waals surface area contributed by atoms with Gasteiger partial charge in [-0.3, -0.25) is 14.9 Å². The van der Waals surface area contributed by atoms with Crippen LogP contribution >= 0.6 is 11.8 Å². The van der Waals surface area contributed by atoms with Crippen molar-refractivity contribution in [2.24, 2.45) is 0 Å². The zero-order valence-electron chi connectivity index (χ0n) is 14.9. The highest BCUT2D eigenvalue weighted by molar-refractivity contribution is 8.16. The van der Waals surface area contributed by atoms with Gasteiger partial charge >= 0.3 is 0 Å². The zero-order chi connectivity index (χ0) is 18.7. The molecule has 0 saturated carbocycles. The third-order valence-electron chi connectivity index (χ3n) is 4.34. The largest absolute Gasteiger partial charge is 0.471 e. The summed E-state index contributed by atoms with van der Waals surface area (Å²) in [6.07, 6.45) is 2.04. The van der Waals surface area contributed by atoms with Crippen molar-refractivity contribution >= 4 is 28.7 Å². The summed E-state index contributed by atoms with van der Waals surface area (Å²) in [5.41, 5.74) is 0.975. The second kappa shape index (κ2) is 7.37. The first-order valence-electron chi connectivity index (χ1n) is 8.31. The van der Waals surface area contributed by atoms with Crippen molar-refractivity contribution in [1.29, 1.82) is 0 Å². The molecule has 2 unspecified atom stereocenters. The molecule has 2 heterocycles. The molecule has 2 aromatic rings. The molecule has 1 saturated heterocycles. The van der Waals surface area contributed by atoms with E-state index in [2.05, 4.69) is 10.3 Å². The standard InChI is InChI=1S/C19H21N3O3S/c1-13(22(3)16-6-4-5-11-20-16)25-15-9-7-14(8-10-15)12-19(2)17(23)21-18(24)26-19/h4-11,13H,12H2,1-3H3,(H,21,23,24). The summed E-state index contributed by atoms with van der Waals surface area (Å²) in [5, 5.41) is 2.05. The van der Waals surface area contributed by atoms with Crippen LogP contribution in [0.4, 0.5) is 10.6 Å². The molecule has 6 nitrogen and oxygen atoms in total. The maximum Gasteiger partial charge on any atom is 0.286 e. The topological polar surface area (TPSA) is 71.5 Å². The van der Waals surface area contributed by atoms with E-state index in [1.165, 1.54) is 0 Å². The predicted octanol–water partition coefficient (Wildman–Crippen LogP) is 3.23. The number of carbonyl (C=O) groups excluding carboxylic acids is 2. The molecule has 0 spiro atoms. The van der Waals surface area contributed by atoms with E-state index in [0.717, 1.165) is 28.9 Å². The number of rotatable bonds is 6. The number of anilines is 1. The molecule has 1 aromatic carbocycles. The molecule has 3 rings (SSSR count). The minimum absolute atomic E-state index is 0.193. The normalized spacial score (nSPS) is 20.6. The first kappa shape index (κ1) is 18.3. The van der Waals surface area contributed by atoms with Gasteiger partial charge in [-0.25, -0.2) is 4.98 Å². The molecular weight excluding hydrogens is 350 g/mol. The van der Waals surface area contributed by atoms with E-state index in [-0.39, 0.29) is 17.4 Å². The summed E-state index contributed by atoms with van der Waals surface area (Å²) >= 11 is 1.04. The van der Waals surface area contributed by atoms with Crippen LogP contribution in [0.25, 0.3) is 0 Å². The Bertz CT molecular complexity index is 797. The van der Waals surface area contributed by atoms with Crippen molar-refractivity contribution in [3.05, 3.63) is 54.2 Å². The fourth-order valence-electron chi connectivity index (χ4n) is 2.72. The Labute approximate surface area is 156 Å². The molecule has 136 valence electrons. The quantitative estimate of drug-likeness (QED) is 0.786. The number of ether oxygens (including phenoxy) is 1. The minimum atomic E-state index is -0.758. The highest BCUT2D eigenvalue weighted by Crippen LogP contribution is 2.35. The summed E-state index contributed by atoms with van der Waals surface area (Å²) in [6.45, 7) is 3.74. The monoisotopic (exact) mass is 371 g/mol. The number of imide groups is 1. The molecule has 0 radical (unpaired) electrons. The van der Waals surface area contributed by atoms with Gasteiger partial charge in [-0.15, -0.1) is 0 Å². The van der Waals surface area contributed by atoms with E-state index in [1.54, 1.807) is 13.1 Å². The van der Waals surface area contributed by atoms with Crippen molar-refractivity contribution in [2.75, 3.05) is 11.9 Å². The zero-order valence-corrected chi connectivity index (χ0v) is 15.7. The highest BCUT2D eigenvalue weighted by atomic mass is 32.2. The number of benzene rings is 1. The van der Waals surface area contributed by atoms with Gasteiger partial charge in [0.1, 0.15) is 16.3 Å². The highest BCUT2D eigenvalue weighted by Gasteiger charge is 2.43. The molecule has 0 bridgehead atoms. The Morgan fingerprint density at radius 2 is 1.96 bits per heavy atom. The fraction of sp³-hybridized carbons (Fsp3) is 0.316. The van der Waals surface area contributed by atoms with Gasteiger partial charge in [0.05, 0.1) is 0 Å². The summed E-state index contributed by atoms with van der Waals surface area (Å²) in [5.74, 6) is 1.32. The molecule has 1 N–H and O–H groups in total. The number of hydrogen-bond donors (Lipinski definition) is 1. The lowest BCUT2D eigenvalue weighted by atomic mass is 9.99. The number of carbonyl (C=O) groups is 2. The van der Waals surface area contributed by atoms with E-state index < -0.39 is 4.75 Å². The van der Waals surface area contributed by atoms with Gasteiger partial charge in [-0.1, -0.05) is 18.2 Å². The fourth-order valence-corrected chi connectivity index (χ4v) is 3.65. The number of hydrogen-bond acceptors (Lipinski definition) is 6. The van der Waals surface area contributed by atoms with Crippen LogP contribution in [0.15, 0.2) is 48.7 Å². The molecule has 1 aliphatic rings. The number of nitrogens with one attached hydrogen (secondary N) is 1. The lowest BCUT2D eigenvalue weighted by Crippen LogP contribution is -2.35. The average molecular weight is 371 g/mol. The van der Waals surface area contributed by atoms with Crippen molar-refractivity contribution in [1.82, 2.24) is 10.3 Å². The molecule has 26 heavy (non-hydrogen) atoms. The van der Waals surface area contributed by atoms with Crippen LogP contribution in [0, 0.1) is 0 Å². The lowest BCUT2D eigenvalue weighted by Gasteiger charge is -2.26. The summed E-state index contributed by atoms with van der Waals surface area (Å²) in [7, 11) is 1.93. The van der Waals surface area contributed by atoms with E-state index in [1.807, 2.05) is 61.3 Å². The van der Waals surface area contributed by atoms with E-state index in [9.17, 15) is 9.59 Å². The van der Waals surface area contributed by atoms with Crippen molar-refractivity contribution in [3.63, 3.8) is 0 Å². The van der Waals surface area contributed by atoms with Crippen LogP contribution in [-0.4, -0.2) is 34.2 Å². The second-order valence-corrected chi connectivity index (χ2v) is 7.89. The number of amides is 2. The molecule has 1 fully saturated rings. The maximum atomic E-state index is 11.9. The summed E-state index contributed by atoms with van der Waals surface area (Å²) in [4.78, 5) is 29.6. The van der Waals surface area contributed by atoms with Gasteiger partial charge < -0.3 is 9.64 Å². The Morgan fingerprint density at radius 1 is 1.23 bits per heavy atom. The third-order valence-corrected chi connectivity index (χ3v) is 5.41. The Morgan fingerprint density at radius 3 is 2.54 bits per heavy atom. The molecule has 7 heteroatoms. The predicted molar refractivity (Wildman–Crippen MR) is 102 cm³/mol. The minimum Gasteiger partial charge on any atom is -0.471 e. The Kier molecular flexibility index (Phi) is 5.18. The number of pyridine rings is 1. The molecule has 1 aromatic heterocycles. The molecule has 0 aliphatic carbocycles. The van der Waals surface area contributed by atoms with Crippen LogP contribution in [-0.2, 0) is 11.2 Å². The number of nitrogens with zero attached hydrogens (tertiary/aromatic N) is 2. The van der Waals surface area contributed by atoms with E-state index in [0.29, 0.717) is 6.42 Å². The van der Waals surface area contributed by atoms with Gasteiger partial charge in [0.25, 0.3) is 5.24 Å². The van der Waals surface area contributed by atoms with Crippen molar-refractivity contribution in [3.8, 4) is 5.75 Å². The first-order valence-corrected chi connectivity index (χ1v) is 9.13. The number of thioether (sulfide) groups is 1. The Hall–Kier alpha value is -2.54. The van der Waals surface area contributed by atoms with Gasteiger partial charge in [0.2, 0.25) is 5.91 Å². The summed E-state index contributed by atoms with van der Waals surface area (Å²) in [6, 6.07) is 13.3. The van der Waals surface area contributed by atoms with Crippen LogP contribution in [0.5, 0.6) is 5.75 Å². The van der Waals surface area contributed by atoms with Crippen molar-refractivity contribution in [2.45, 2.75) is 31.2 Å². The first-order chi connectivity index (χ1) is 12.4. The smallest absolute Gasteiger partial charge is 0.286 e. The van der Waals surface area contributed by atoms with Crippen LogP contribution in [0.1, 0.15) is 19.4 Å². The lowest BCUT2D eigenvalue weighted by molar-refractivity contribution is -0.121. The third kappa shape index (κ3) is 3.99. The SMILES string of the molecule is CC(Oc1ccc(CC2(C)SC(=O)NC2=O)cc1)N(C)c1ccccn1. The van der Waals surface area contributed by atoms with Gasteiger partial charge in [-0.2, -0.15) is 0 Å². The van der Waals surface area contributed by atoms with Gasteiger partial charge in [0, 0.05) is 13.2 Å². The summed E-state index contributed by atoms with van der Waals surface area (Å²) < 4.78 is 5.21. The molecule has 2 atom stereocenters. The molecular formula is C19H21N3O3S. The van der Waals surface area contributed by atoms with Crippen LogP contribution in [0.3, 0.4) is 0 Å². The molecule has 2 amide bonds. The second-order valence-electron chi connectivity index (χ2n) is 6.41. The van der Waals surface area contributed by atoms with E-state index in [4.69, 9.17) is 4.74 Å².